The molecule has 1 atom stereocenters. The van der Waals surface area contributed by atoms with Crippen LogP contribution in [0.25, 0.3) is 0 Å². The van der Waals surface area contributed by atoms with Gasteiger partial charge in [-0.2, -0.15) is 0 Å². The molecule has 0 bridgehead atoms. The van der Waals surface area contributed by atoms with Crippen molar-refractivity contribution in [2.75, 3.05) is 13.1 Å². The van der Waals surface area contributed by atoms with Crippen molar-refractivity contribution in [2.24, 2.45) is 0 Å². The quantitative estimate of drug-likeness (QED) is 0.678. The normalized spacial score (nSPS) is 12.0. The summed E-state index contributed by atoms with van der Waals surface area (Å²) in [7, 11) is 0. The zero-order chi connectivity index (χ0) is 17.5. The molecule has 1 heterocycles. The minimum Gasteiger partial charge on any atom is -0.387 e. The molecule has 0 spiro atoms. The van der Waals surface area contributed by atoms with Gasteiger partial charge in [0.05, 0.1) is 11.8 Å². The molecule has 0 saturated carbocycles. The lowest BCUT2D eigenvalue weighted by molar-refractivity contribution is 0.173. The van der Waals surface area contributed by atoms with E-state index in [-0.39, 0.29) is 18.4 Å². The summed E-state index contributed by atoms with van der Waals surface area (Å²) >= 11 is 0. The molecule has 1 unspecified atom stereocenters. The molecule has 130 valence electrons. The van der Waals surface area contributed by atoms with Crippen LogP contribution in [0.3, 0.4) is 0 Å². The third kappa shape index (κ3) is 5.06. The smallest absolute Gasteiger partial charge is 0.314 e. The van der Waals surface area contributed by atoms with Crippen molar-refractivity contribution < 1.29 is 18.8 Å². The van der Waals surface area contributed by atoms with Crippen molar-refractivity contribution in [1.29, 1.82) is 0 Å². The predicted octanol–water partition coefficient (Wildman–Crippen LogP) is 2.40. The molecule has 6 nitrogen and oxygen atoms in total. The number of aryl methyl sites for hydroxylation is 2. The Morgan fingerprint density at radius 2 is 2.00 bits per heavy atom. The molecule has 0 aliphatic carbocycles. The number of hydrogen-bond donors (Lipinski definition) is 3. The Morgan fingerprint density at radius 3 is 2.62 bits per heavy atom. The standard InChI is InChI=1S/C17H22FN3O3/c1-11-15(12(2)24-21-11)4-3-9-19-17(23)20-10-16(22)13-5-7-14(18)8-6-13/h5-8,16,22H,3-4,9-10H2,1-2H3,(H2,19,20,23). The van der Waals surface area contributed by atoms with E-state index in [0.29, 0.717) is 12.1 Å². The summed E-state index contributed by atoms with van der Waals surface area (Å²) in [4.78, 5) is 11.7. The molecule has 24 heavy (non-hydrogen) atoms. The Balaban J connectivity index is 1.65. The SMILES string of the molecule is Cc1noc(C)c1CCCNC(=O)NCC(O)c1ccc(F)cc1. The lowest BCUT2D eigenvalue weighted by atomic mass is 10.1. The summed E-state index contributed by atoms with van der Waals surface area (Å²) in [5, 5.41) is 19.1. The van der Waals surface area contributed by atoms with Gasteiger partial charge in [0.2, 0.25) is 0 Å². The number of hydrogen-bond acceptors (Lipinski definition) is 4. The molecular weight excluding hydrogens is 313 g/mol. The number of urea groups is 1. The summed E-state index contributed by atoms with van der Waals surface area (Å²) in [6.45, 7) is 4.32. The lowest BCUT2D eigenvalue weighted by Gasteiger charge is -2.13. The maximum Gasteiger partial charge on any atom is 0.314 e. The summed E-state index contributed by atoms with van der Waals surface area (Å²) in [5.74, 6) is 0.439. The second kappa shape index (κ2) is 8.44. The molecule has 0 aliphatic rings. The van der Waals surface area contributed by atoms with E-state index in [1.807, 2.05) is 13.8 Å². The second-order valence-corrected chi connectivity index (χ2v) is 5.61. The molecule has 0 radical (unpaired) electrons. The zero-order valence-electron chi connectivity index (χ0n) is 13.8. The maximum absolute atomic E-state index is 12.8. The largest absolute Gasteiger partial charge is 0.387 e. The van der Waals surface area contributed by atoms with E-state index in [1.165, 1.54) is 24.3 Å². The number of halogens is 1. The van der Waals surface area contributed by atoms with Crippen molar-refractivity contribution in [2.45, 2.75) is 32.8 Å². The fraction of sp³-hybridized carbons (Fsp3) is 0.412. The fourth-order valence-electron chi connectivity index (χ4n) is 2.38. The van der Waals surface area contributed by atoms with E-state index in [0.717, 1.165) is 29.9 Å². The van der Waals surface area contributed by atoms with Crippen LogP contribution in [-0.2, 0) is 6.42 Å². The third-order valence-corrected chi connectivity index (χ3v) is 3.78. The van der Waals surface area contributed by atoms with E-state index < -0.39 is 6.10 Å². The molecule has 1 aromatic carbocycles. The van der Waals surface area contributed by atoms with Gasteiger partial charge in [-0.05, 0) is 44.4 Å². The number of amides is 2. The van der Waals surface area contributed by atoms with E-state index in [4.69, 9.17) is 4.52 Å². The number of aromatic nitrogens is 1. The Bertz CT molecular complexity index is 651. The van der Waals surface area contributed by atoms with Crippen LogP contribution < -0.4 is 10.6 Å². The molecule has 1 aromatic heterocycles. The van der Waals surface area contributed by atoms with Crippen LogP contribution >= 0.6 is 0 Å². The third-order valence-electron chi connectivity index (χ3n) is 3.78. The average molecular weight is 335 g/mol. The molecule has 7 heteroatoms. The van der Waals surface area contributed by atoms with Crippen molar-refractivity contribution in [1.82, 2.24) is 15.8 Å². The maximum atomic E-state index is 12.8. The first-order chi connectivity index (χ1) is 11.5. The van der Waals surface area contributed by atoms with Gasteiger partial charge in [0, 0.05) is 18.7 Å². The first-order valence-corrected chi connectivity index (χ1v) is 7.84. The molecule has 0 aliphatic heterocycles. The minimum absolute atomic E-state index is 0.0569. The van der Waals surface area contributed by atoms with Gasteiger partial charge in [-0.3, -0.25) is 0 Å². The lowest BCUT2D eigenvalue weighted by Crippen LogP contribution is -2.38. The van der Waals surface area contributed by atoms with Gasteiger partial charge >= 0.3 is 6.03 Å². The summed E-state index contributed by atoms with van der Waals surface area (Å²) in [6.07, 6.45) is 0.662. The topological polar surface area (TPSA) is 87.4 Å². The zero-order valence-corrected chi connectivity index (χ0v) is 13.8. The van der Waals surface area contributed by atoms with E-state index in [9.17, 15) is 14.3 Å². The van der Waals surface area contributed by atoms with Gasteiger partial charge in [-0.25, -0.2) is 9.18 Å². The highest BCUT2D eigenvalue weighted by atomic mass is 19.1. The number of aliphatic hydroxyl groups excluding tert-OH is 1. The monoisotopic (exact) mass is 335 g/mol. The van der Waals surface area contributed by atoms with Gasteiger partial charge in [0.1, 0.15) is 11.6 Å². The minimum atomic E-state index is -0.876. The summed E-state index contributed by atoms with van der Waals surface area (Å²) < 4.78 is 17.9. The number of aliphatic hydroxyl groups is 1. The van der Waals surface area contributed by atoms with Crippen LogP contribution in [0.2, 0.25) is 0 Å². The Labute approximate surface area is 140 Å². The number of nitrogens with zero attached hydrogens (tertiary/aromatic N) is 1. The number of carbonyl (C=O) groups is 1. The molecule has 0 saturated heterocycles. The molecule has 0 fully saturated rings. The molecule has 2 aromatic rings. The second-order valence-electron chi connectivity index (χ2n) is 5.61. The molecule has 2 amide bonds. The van der Waals surface area contributed by atoms with Gasteiger partial charge in [-0.1, -0.05) is 17.3 Å². The molecule has 2 rings (SSSR count). The number of nitrogens with one attached hydrogen (secondary N) is 2. The first kappa shape index (κ1) is 17.9. The van der Waals surface area contributed by atoms with Crippen molar-refractivity contribution in [3.05, 3.63) is 52.7 Å². The van der Waals surface area contributed by atoms with E-state index in [1.54, 1.807) is 0 Å². The first-order valence-electron chi connectivity index (χ1n) is 7.84. The highest BCUT2D eigenvalue weighted by Crippen LogP contribution is 2.14. The number of rotatable bonds is 7. The highest BCUT2D eigenvalue weighted by Gasteiger charge is 2.10. The van der Waals surface area contributed by atoms with E-state index >= 15 is 0 Å². The molecule has 3 N–H and O–H groups in total. The van der Waals surface area contributed by atoms with Crippen molar-refractivity contribution in [3.8, 4) is 0 Å². The van der Waals surface area contributed by atoms with Crippen LogP contribution in [0, 0.1) is 19.7 Å². The van der Waals surface area contributed by atoms with Crippen LogP contribution in [0.4, 0.5) is 9.18 Å². The van der Waals surface area contributed by atoms with Gasteiger partial charge in [0.15, 0.2) is 0 Å². The number of benzene rings is 1. The highest BCUT2D eigenvalue weighted by molar-refractivity contribution is 5.73. The summed E-state index contributed by atoms with van der Waals surface area (Å²) in [5.41, 5.74) is 2.50. The molecular formula is C17H22FN3O3. The fourth-order valence-corrected chi connectivity index (χ4v) is 2.38. The van der Waals surface area contributed by atoms with Crippen LogP contribution in [0.5, 0.6) is 0 Å². The summed E-state index contributed by atoms with van der Waals surface area (Å²) in [6, 6.07) is 5.17. The van der Waals surface area contributed by atoms with Gasteiger partial charge in [0.25, 0.3) is 0 Å². The van der Waals surface area contributed by atoms with Gasteiger partial charge < -0.3 is 20.3 Å². The Morgan fingerprint density at radius 1 is 1.29 bits per heavy atom. The van der Waals surface area contributed by atoms with Gasteiger partial charge in [-0.15, -0.1) is 0 Å². The average Bonchev–Trinajstić information content (AvgIpc) is 2.88. The Kier molecular flexibility index (Phi) is 6.31. The number of carbonyl (C=O) groups excluding carboxylic acids is 1. The van der Waals surface area contributed by atoms with Crippen LogP contribution in [0.15, 0.2) is 28.8 Å². The van der Waals surface area contributed by atoms with E-state index in [2.05, 4.69) is 15.8 Å². The van der Waals surface area contributed by atoms with Crippen LogP contribution in [-0.4, -0.2) is 29.4 Å². The van der Waals surface area contributed by atoms with Crippen molar-refractivity contribution >= 4 is 6.03 Å². The van der Waals surface area contributed by atoms with Crippen molar-refractivity contribution in [3.63, 3.8) is 0 Å². The Hall–Kier alpha value is -2.41. The van der Waals surface area contributed by atoms with Crippen LogP contribution in [0.1, 0.15) is 35.1 Å². The predicted molar refractivity (Wildman–Crippen MR) is 87.1 cm³/mol.